The van der Waals surface area contributed by atoms with E-state index in [1.165, 1.54) is 24.3 Å². The predicted octanol–water partition coefficient (Wildman–Crippen LogP) is 0.951. The van der Waals surface area contributed by atoms with Crippen molar-refractivity contribution in [3.63, 3.8) is 0 Å². The van der Waals surface area contributed by atoms with Gasteiger partial charge < -0.3 is 10.6 Å². The number of barbiturate groups is 1. The maximum atomic E-state index is 13.2. The molecule has 14 heteroatoms. The summed E-state index contributed by atoms with van der Waals surface area (Å²) in [6.45, 7) is 0. The fourth-order valence-corrected chi connectivity index (χ4v) is 4.04. The van der Waals surface area contributed by atoms with Crippen LogP contribution in [0.25, 0.3) is 0 Å². The zero-order chi connectivity index (χ0) is 23.9. The quantitative estimate of drug-likeness (QED) is 0.297. The number of rotatable bonds is 4. The van der Waals surface area contributed by atoms with Crippen molar-refractivity contribution in [2.24, 2.45) is 5.41 Å². The molecule has 2 aliphatic rings. The average molecular weight is 454 g/mol. The van der Waals surface area contributed by atoms with Crippen molar-refractivity contribution in [3.8, 4) is 0 Å². The molecule has 0 aromatic heterocycles. The van der Waals surface area contributed by atoms with Crippen LogP contribution >= 0.6 is 0 Å². The van der Waals surface area contributed by atoms with Crippen LogP contribution in [0, 0.1) is 25.6 Å². The third-order valence-corrected chi connectivity index (χ3v) is 5.54. The second kappa shape index (κ2) is 7.67. The van der Waals surface area contributed by atoms with Crippen LogP contribution < -0.4 is 21.3 Å². The summed E-state index contributed by atoms with van der Waals surface area (Å²) in [5.41, 5.74) is -2.31. The Hall–Kier alpha value is -4.88. The van der Waals surface area contributed by atoms with E-state index in [0.29, 0.717) is 0 Å². The van der Waals surface area contributed by atoms with Crippen molar-refractivity contribution >= 4 is 35.3 Å². The Labute approximate surface area is 183 Å². The minimum Gasteiger partial charge on any atom is -0.330 e. The van der Waals surface area contributed by atoms with Crippen LogP contribution in [0.5, 0.6) is 0 Å². The lowest BCUT2D eigenvalue weighted by Crippen LogP contribution is -2.73. The van der Waals surface area contributed by atoms with Crippen molar-refractivity contribution in [3.05, 3.63) is 79.9 Å². The van der Waals surface area contributed by atoms with Gasteiger partial charge >= 0.3 is 12.1 Å². The summed E-state index contributed by atoms with van der Waals surface area (Å²) in [7, 11) is 0. The van der Waals surface area contributed by atoms with E-state index in [1.54, 1.807) is 0 Å². The number of non-ortho nitro benzene ring substituents is 2. The van der Waals surface area contributed by atoms with E-state index in [9.17, 15) is 39.4 Å². The first kappa shape index (κ1) is 21.4. The number of imide groups is 2. The molecule has 2 aromatic rings. The van der Waals surface area contributed by atoms with Gasteiger partial charge in [-0.1, -0.05) is 24.3 Å². The first-order valence-corrected chi connectivity index (χ1v) is 9.37. The number of nitro groups is 2. The molecule has 4 N–H and O–H groups in total. The molecule has 33 heavy (non-hydrogen) atoms. The van der Waals surface area contributed by atoms with Crippen molar-refractivity contribution < 1.29 is 29.0 Å². The van der Waals surface area contributed by atoms with Gasteiger partial charge in [-0.15, -0.1) is 0 Å². The number of benzene rings is 2. The van der Waals surface area contributed by atoms with E-state index in [0.717, 1.165) is 24.3 Å². The minimum atomic E-state index is -2.16. The third-order valence-electron chi connectivity index (χ3n) is 5.54. The van der Waals surface area contributed by atoms with Crippen LogP contribution in [0.1, 0.15) is 23.2 Å². The summed E-state index contributed by atoms with van der Waals surface area (Å²) in [4.78, 5) is 71.4. The number of nitro benzene ring substituents is 2. The molecular formula is C19H14N6O8. The van der Waals surface area contributed by atoms with Gasteiger partial charge in [-0.2, -0.15) is 0 Å². The zero-order valence-electron chi connectivity index (χ0n) is 16.4. The fourth-order valence-electron chi connectivity index (χ4n) is 4.04. The van der Waals surface area contributed by atoms with E-state index in [1.807, 2.05) is 10.6 Å². The molecule has 4 rings (SSSR count). The van der Waals surface area contributed by atoms with Crippen LogP contribution in [-0.4, -0.2) is 33.7 Å². The van der Waals surface area contributed by atoms with Gasteiger partial charge in [0, 0.05) is 24.3 Å². The van der Waals surface area contributed by atoms with Crippen molar-refractivity contribution in [2.75, 3.05) is 0 Å². The van der Waals surface area contributed by atoms with Crippen molar-refractivity contribution in [2.45, 2.75) is 12.1 Å². The molecule has 6 amide bonds. The number of carbonyl (C=O) groups is 4. The predicted molar refractivity (Wildman–Crippen MR) is 107 cm³/mol. The molecule has 2 aromatic carbocycles. The van der Waals surface area contributed by atoms with E-state index in [-0.39, 0.29) is 22.5 Å². The Morgan fingerprint density at radius 3 is 1.33 bits per heavy atom. The smallest absolute Gasteiger partial charge is 0.328 e. The second-order valence-electron chi connectivity index (χ2n) is 7.29. The van der Waals surface area contributed by atoms with Gasteiger partial charge in [0.25, 0.3) is 11.4 Å². The molecule has 1 spiro atoms. The Balaban J connectivity index is 1.89. The largest absolute Gasteiger partial charge is 0.330 e. The van der Waals surface area contributed by atoms with Crippen LogP contribution in [0.2, 0.25) is 0 Å². The fraction of sp³-hybridized carbons (Fsp3) is 0.158. The lowest BCUT2D eigenvalue weighted by atomic mass is 9.65. The van der Waals surface area contributed by atoms with E-state index < -0.39 is 51.2 Å². The molecule has 2 saturated heterocycles. The maximum absolute atomic E-state index is 13.2. The van der Waals surface area contributed by atoms with E-state index in [2.05, 4.69) is 10.6 Å². The van der Waals surface area contributed by atoms with Crippen LogP contribution in [0.3, 0.4) is 0 Å². The highest BCUT2D eigenvalue weighted by atomic mass is 16.6. The maximum Gasteiger partial charge on any atom is 0.328 e. The number of nitrogens with zero attached hydrogens (tertiary/aromatic N) is 2. The van der Waals surface area contributed by atoms with Gasteiger partial charge in [-0.3, -0.25) is 40.5 Å². The number of nitrogens with one attached hydrogen (secondary N) is 4. The Kier molecular flexibility index (Phi) is 4.96. The molecule has 168 valence electrons. The molecule has 2 heterocycles. The lowest BCUT2D eigenvalue weighted by molar-refractivity contribution is -0.385. The number of amides is 6. The SMILES string of the molecule is O=C1NC(=O)C2(C(=O)N1)[C@@H](c1ccc([N+](=O)[O-])cc1)NC(=O)N[C@H]2c1ccc([N+](=O)[O-])cc1. The van der Waals surface area contributed by atoms with E-state index >= 15 is 0 Å². The molecule has 2 atom stereocenters. The molecule has 2 fully saturated rings. The van der Waals surface area contributed by atoms with Crippen molar-refractivity contribution in [1.29, 1.82) is 0 Å². The second-order valence-corrected chi connectivity index (χ2v) is 7.29. The van der Waals surface area contributed by atoms with Crippen LogP contribution in [0.4, 0.5) is 21.0 Å². The van der Waals surface area contributed by atoms with Gasteiger partial charge in [0.05, 0.1) is 21.9 Å². The zero-order valence-corrected chi connectivity index (χ0v) is 16.4. The topological polar surface area (TPSA) is 203 Å². The summed E-state index contributed by atoms with van der Waals surface area (Å²) in [6, 6.07) is 5.15. The highest BCUT2D eigenvalue weighted by Gasteiger charge is 2.64. The van der Waals surface area contributed by atoms with Gasteiger partial charge in [-0.25, -0.2) is 9.59 Å². The molecule has 0 saturated carbocycles. The molecule has 0 radical (unpaired) electrons. The average Bonchev–Trinajstić information content (AvgIpc) is 2.77. The molecule has 0 aliphatic carbocycles. The number of hydrogen-bond acceptors (Lipinski definition) is 8. The van der Waals surface area contributed by atoms with Crippen LogP contribution in [0.15, 0.2) is 48.5 Å². The van der Waals surface area contributed by atoms with Gasteiger partial charge in [-0.05, 0) is 11.1 Å². The Morgan fingerprint density at radius 2 is 1.00 bits per heavy atom. The van der Waals surface area contributed by atoms with Gasteiger partial charge in [0.1, 0.15) is 0 Å². The number of hydrogen-bond donors (Lipinski definition) is 4. The first-order valence-electron chi connectivity index (χ1n) is 9.37. The summed E-state index contributed by atoms with van der Waals surface area (Å²) < 4.78 is 0. The molecule has 14 nitrogen and oxygen atoms in total. The number of urea groups is 2. The normalized spacial score (nSPS) is 21.5. The van der Waals surface area contributed by atoms with E-state index in [4.69, 9.17) is 0 Å². The molecule has 0 unspecified atom stereocenters. The summed E-state index contributed by atoms with van der Waals surface area (Å²) in [6.07, 6.45) is 0. The summed E-state index contributed by atoms with van der Waals surface area (Å²) in [5, 5.41) is 31.0. The highest BCUT2D eigenvalue weighted by Crippen LogP contribution is 2.48. The minimum absolute atomic E-state index is 0.182. The molecule has 2 aliphatic heterocycles. The number of carbonyl (C=O) groups excluding carboxylic acids is 4. The Bertz CT molecular complexity index is 1120. The van der Waals surface area contributed by atoms with Crippen molar-refractivity contribution in [1.82, 2.24) is 21.3 Å². The van der Waals surface area contributed by atoms with Gasteiger partial charge in [0.15, 0.2) is 5.41 Å². The third kappa shape index (κ3) is 3.38. The van der Waals surface area contributed by atoms with Crippen LogP contribution in [-0.2, 0) is 9.59 Å². The standard InChI is InChI=1S/C19H14N6O8/c26-15-19(16(27)23-18(29)22-15)13(9-1-5-11(6-2-9)24(30)31)20-17(28)21-14(19)10-3-7-12(8-4-10)25(32)33/h1-8,13-14H,(H2,20,21,28)(H2,22,23,26,27,29)/t13-,14+. The molecular weight excluding hydrogens is 440 g/mol. The van der Waals surface area contributed by atoms with Gasteiger partial charge in [0.2, 0.25) is 11.8 Å². The summed E-state index contributed by atoms with van der Waals surface area (Å²) in [5.74, 6) is -2.06. The summed E-state index contributed by atoms with van der Waals surface area (Å²) >= 11 is 0. The molecule has 0 bridgehead atoms. The monoisotopic (exact) mass is 454 g/mol. The first-order chi connectivity index (χ1) is 15.6. The lowest BCUT2D eigenvalue weighted by Gasteiger charge is -2.48. The highest BCUT2D eigenvalue weighted by molar-refractivity contribution is 6.21. The Morgan fingerprint density at radius 1 is 0.636 bits per heavy atom.